The van der Waals surface area contributed by atoms with Crippen LogP contribution >= 0.6 is 0 Å². The standard InChI is InChI=1S/C12H24N2O3/c1-5-6-13-9-12(15)14(7-8-16-3)11(2)10-17-4/h5,11,13H,1,6-10H2,2-4H3. The number of hydrogen-bond donors (Lipinski definition) is 1. The highest BCUT2D eigenvalue weighted by Crippen LogP contribution is 2.00. The zero-order valence-corrected chi connectivity index (χ0v) is 11.1. The summed E-state index contributed by atoms with van der Waals surface area (Å²) in [4.78, 5) is 13.7. The summed E-state index contributed by atoms with van der Waals surface area (Å²) >= 11 is 0. The largest absolute Gasteiger partial charge is 0.383 e. The first-order chi connectivity index (χ1) is 8.17. The Hall–Kier alpha value is -0.910. The minimum atomic E-state index is 0.0492. The Morgan fingerprint density at radius 3 is 2.71 bits per heavy atom. The molecule has 0 fully saturated rings. The molecule has 17 heavy (non-hydrogen) atoms. The molecule has 0 bridgehead atoms. The van der Waals surface area contributed by atoms with Crippen molar-refractivity contribution in [2.75, 3.05) is 47.1 Å². The Labute approximate surface area is 104 Å². The second-order valence-electron chi connectivity index (χ2n) is 3.80. The van der Waals surface area contributed by atoms with Gasteiger partial charge in [0.2, 0.25) is 5.91 Å². The highest BCUT2D eigenvalue weighted by atomic mass is 16.5. The van der Waals surface area contributed by atoms with Crippen LogP contribution in [0.15, 0.2) is 12.7 Å². The van der Waals surface area contributed by atoms with Gasteiger partial charge in [0.15, 0.2) is 0 Å². The van der Waals surface area contributed by atoms with Gasteiger partial charge in [-0.3, -0.25) is 4.79 Å². The van der Waals surface area contributed by atoms with Gasteiger partial charge in [-0.1, -0.05) is 6.08 Å². The molecule has 0 radical (unpaired) electrons. The van der Waals surface area contributed by atoms with Crippen molar-refractivity contribution >= 4 is 5.91 Å². The first-order valence-corrected chi connectivity index (χ1v) is 5.76. The Morgan fingerprint density at radius 1 is 1.47 bits per heavy atom. The average Bonchev–Trinajstić information content (AvgIpc) is 2.30. The zero-order valence-electron chi connectivity index (χ0n) is 11.1. The predicted molar refractivity (Wildman–Crippen MR) is 68.0 cm³/mol. The molecule has 5 nitrogen and oxygen atoms in total. The van der Waals surface area contributed by atoms with Crippen molar-refractivity contribution in [1.82, 2.24) is 10.2 Å². The van der Waals surface area contributed by atoms with Gasteiger partial charge in [0.25, 0.3) is 0 Å². The molecular weight excluding hydrogens is 220 g/mol. The van der Waals surface area contributed by atoms with E-state index in [2.05, 4.69) is 11.9 Å². The first kappa shape index (κ1) is 16.1. The molecule has 1 unspecified atom stereocenters. The van der Waals surface area contributed by atoms with Crippen LogP contribution in [0.3, 0.4) is 0 Å². The van der Waals surface area contributed by atoms with Crippen LogP contribution in [0, 0.1) is 0 Å². The molecular formula is C12H24N2O3. The third-order valence-corrected chi connectivity index (χ3v) is 2.36. The van der Waals surface area contributed by atoms with Gasteiger partial charge in [0.05, 0.1) is 25.8 Å². The molecule has 0 saturated carbocycles. The Balaban J connectivity index is 4.22. The van der Waals surface area contributed by atoms with Gasteiger partial charge in [-0.05, 0) is 6.92 Å². The van der Waals surface area contributed by atoms with Crippen LogP contribution < -0.4 is 5.32 Å². The van der Waals surface area contributed by atoms with Gasteiger partial charge in [-0.2, -0.15) is 0 Å². The minimum absolute atomic E-state index is 0.0492. The molecule has 0 spiro atoms. The number of hydrogen-bond acceptors (Lipinski definition) is 4. The van der Waals surface area contributed by atoms with Crippen LogP contribution in [0.1, 0.15) is 6.92 Å². The predicted octanol–water partition coefficient (Wildman–Crippen LogP) is 0.272. The average molecular weight is 244 g/mol. The summed E-state index contributed by atoms with van der Waals surface area (Å²) in [5, 5.41) is 3.00. The van der Waals surface area contributed by atoms with Crippen LogP contribution in [0.4, 0.5) is 0 Å². The van der Waals surface area contributed by atoms with E-state index in [4.69, 9.17) is 9.47 Å². The molecule has 0 heterocycles. The highest BCUT2D eigenvalue weighted by Gasteiger charge is 2.18. The Morgan fingerprint density at radius 2 is 2.18 bits per heavy atom. The second-order valence-corrected chi connectivity index (χ2v) is 3.80. The SMILES string of the molecule is C=CCNCC(=O)N(CCOC)C(C)COC. The van der Waals surface area contributed by atoms with Gasteiger partial charge < -0.3 is 19.7 Å². The normalized spacial score (nSPS) is 12.2. The lowest BCUT2D eigenvalue weighted by Gasteiger charge is -2.28. The third-order valence-electron chi connectivity index (χ3n) is 2.36. The molecule has 1 atom stereocenters. The van der Waals surface area contributed by atoms with E-state index in [1.54, 1.807) is 25.2 Å². The first-order valence-electron chi connectivity index (χ1n) is 5.76. The fraction of sp³-hybridized carbons (Fsp3) is 0.750. The molecule has 0 aliphatic heterocycles. The van der Waals surface area contributed by atoms with Gasteiger partial charge in [0.1, 0.15) is 0 Å². The summed E-state index contributed by atoms with van der Waals surface area (Å²) in [6.07, 6.45) is 1.73. The van der Waals surface area contributed by atoms with Crippen molar-refractivity contribution in [2.45, 2.75) is 13.0 Å². The van der Waals surface area contributed by atoms with E-state index in [0.29, 0.717) is 32.8 Å². The number of ether oxygens (including phenoxy) is 2. The summed E-state index contributed by atoms with van der Waals surface area (Å²) < 4.78 is 10.1. The minimum Gasteiger partial charge on any atom is -0.383 e. The fourth-order valence-electron chi connectivity index (χ4n) is 1.49. The second kappa shape index (κ2) is 10.3. The molecule has 5 heteroatoms. The van der Waals surface area contributed by atoms with Crippen molar-refractivity contribution in [3.05, 3.63) is 12.7 Å². The molecule has 0 aromatic rings. The number of carbonyl (C=O) groups is 1. The lowest BCUT2D eigenvalue weighted by molar-refractivity contribution is -0.134. The number of carbonyl (C=O) groups excluding carboxylic acids is 1. The van der Waals surface area contributed by atoms with E-state index in [1.807, 2.05) is 6.92 Å². The number of methoxy groups -OCH3 is 2. The molecule has 100 valence electrons. The summed E-state index contributed by atoms with van der Waals surface area (Å²) in [7, 11) is 3.26. The van der Waals surface area contributed by atoms with Crippen LogP contribution in [-0.2, 0) is 14.3 Å². The summed E-state index contributed by atoms with van der Waals surface area (Å²) in [5.41, 5.74) is 0. The smallest absolute Gasteiger partial charge is 0.236 e. The van der Waals surface area contributed by atoms with Crippen LogP contribution in [0.25, 0.3) is 0 Å². The highest BCUT2D eigenvalue weighted by molar-refractivity contribution is 5.78. The van der Waals surface area contributed by atoms with Gasteiger partial charge in [-0.25, -0.2) is 0 Å². The van der Waals surface area contributed by atoms with Crippen LogP contribution in [0.2, 0.25) is 0 Å². The quantitative estimate of drug-likeness (QED) is 0.443. The van der Waals surface area contributed by atoms with E-state index in [9.17, 15) is 4.79 Å². The van der Waals surface area contributed by atoms with Gasteiger partial charge in [0, 0.05) is 27.3 Å². The number of nitrogens with zero attached hydrogens (tertiary/aromatic N) is 1. The summed E-state index contributed by atoms with van der Waals surface area (Å²) in [5.74, 6) is 0.0495. The topological polar surface area (TPSA) is 50.8 Å². The van der Waals surface area contributed by atoms with Crippen LogP contribution in [0.5, 0.6) is 0 Å². The maximum absolute atomic E-state index is 12.0. The monoisotopic (exact) mass is 244 g/mol. The maximum Gasteiger partial charge on any atom is 0.236 e. The molecule has 0 rings (SSSR count). The fourth-order valence-corrected chi connectivity index (χ4v) is 1.49. The maximum atomic E-state index is 12.0. The van der Waals surface area contributed by atoms with Gasteiger partial charge in [-0.15, -0.1) is 6.58 Å². The molecule has 0 saturated heterocycles. The molecule has 0 aliphatic carbocycles. The number of nitrogens with one attached hydrogen (secondary N) is 1. The Kier molecular flexibility index (Phi) is 9.71. The molecule has 1 N–H and O–H groups in total. The van der Waals surface area contributed by atoms with Crippen LogP contribution in [-0.4, -0.2) is 63.9 Å². The van der Waals surface area contributed by atoms with Crippen molar-refractivity contribution in [3.63, 3.8) is 0 Å². The van der Waals surface area contributed by atoms with E-state index >= 15 is 0 Å². The van der Waals surface area contributed by atoms with Gasteiger partial charge >= 0.3 is 0 Å². The van der Waals surface area contributed by atoms with Crippen molar-refractivity contribution in [3.8, 4) is 0 Å². The molecule has 1 amide bonds. The van der Waals surface area contributed by atoms with Crippen molar-refractivity contribution in [2.24, 2.45) is 0 Å². The van der Waals surface area contributed by atoms with E-state index in [1.165, 1.54) is 0 Å². The third kappa shape index (κ3) is 7.10. The van der Waals surface area contributed by atoms with E-state index in [-0.39, 0.29) is 11.9 Å². The zero-order chi connectivity index (χ0) is 13.1. The molecule has 0 aromatic carbocycles. The summed E-state index contributed by atoms with van der Waals surface area (Å²) in [6.45, 7) is 8.12. The lowest BCUT2D eigenvalue weighted by Crippen LogP contribution is -2.46. The number of amides is 1. The van der Waals surface area contributed by atoms with E-state index in [0.717, 1.165) is 0 Å². The summed E-state index contributed by atoms with van der Waals surface area (Å²) in [6, 6.07) is 0.0492. The molecule has 0 aromatic heterocycles. The van der Waals surface area contributed by atoms with Crippen molar-refractivity contribution < 1.29 is 14.3 Å². The number of rotatable bonds is 10. The van der Waals surface area contributed by atoms with E-state index < -0.39 is 0 Å². The molecule has 0 aliphatic rings. The lowest BCUT2D eigenvalue weighted by atomic mass is 10.3. The van der Waals surface area contributed by atoms with Crippen molar-refractivity contribution in [1.29, 1.82) is 0 Å². The Bertz CT molecular complexity index is 222.